The summed E-state index contributed by atoms with van der Waals surface area (Å²) >= 11 is 3.18. The molecular weight excluding hydrogens is 271 g/mol. The monoisotopic (exact) mass is 288 g/mol. The van der Waals surface area contributed by atoms with Crippen molar-refractivity contribution in [3.63, 3.8) is 0 Å². The molecule has 0 amide bonds. The molecule has 0 saturated carbocycles. The molecule has 1 rings (SSSR count). The van der Waals surface area contributed by atoms with Crippen LogP contribution in [0.5, 0.6) is 0 Å². The number of hydrogen-bond donors (Lipinski definition) is 2. The van der Waals surface area contributed by atoms with Gasteiger partial charge in [-0.2, -0.15) is 0 Å². The molecule has 0 aliphatic carbocycles. The summed E-state index contributed by atoms with van der Waals surface area (Å²) in [5, 5.41) is 0. The summed E-state index contributed by atoms with van der Waals surface area (Å²) in [5.74, 6) is 5.78. The van der Waals surface area contributed by atoms with E-state index in [0.29, 0.717) is 16.0 Å². The minimum Gasteiger partial charge on any atom is -0.271 e. The van der Waals surface area contributed by atoms with E-state index >= 15 is 0 Å². The van der Waals surface area contributed by atoms with E-state index in [1.807, 2.05) is 6.07 Å². The van der Waals surface area contributed by atoms with Crippen LogP contribution in [-0.2, 0) is 0 Å². The van der Waals surface area contributed by atoms with Crippen LogP contribution in [0.3, 0.4) is 0 Å². The smallest absolute Gasteiger partial charge is 0.142 e. The zero-order valence-corrected chi connectivity index (χ0v) is 11.2. The van der Waals surface area contributed by atoms with Crippen LogP contribution in [0.25, 0.3) is 0 Å². The molecule has 0 aromatic heterocycles. The Bertz CT molecular complexity index is 344. The molecule has 0 saturated heterocycles. The van der Waals surface area contributed by atoms with Crippen molar-refractivity contribution in [3.05, 3.63) is 34.1 Å². The van der Waals surface area contributed by atoms with Gasteiger partial charge in [0.15, 0.2) is 0 Å². The van der Waals surface area contributed by atoms with Crippen LogP contribution in [0.1, 0.15) is 38.3 Å². The first-order chi connectivity index (χ1) is 7.60. The highest BCUT2D eigenvalue weighted by atomic mass is 79.9. The van der Waals surface area contributed by atoms with Crippen molar-refractivity contribution in [2.45, 2.75) is 32.7 Å². The fourth-order valence-corrected chi connectivity index (χ4v) is 2.02. The lowest BCUT2D eigenvalue weighted by Crippen LogP contribution is -2.30. The van der Waals surface area contributed by atoms with Crippen molar-refractivity contribution < 1.29 is 4.39 Å². The number of hydrogen-bond acceptors (Lipinski definition) is 2. The van der Waals surface area contributed by atoms with Gasteiger partial charge in [0.2, 0.25) is 0 Å². The predicted octanol–water partition coefficient (Wildman–Crippen LogP) is 3.53. The molecule has 0 aliphatic rings. The zero-order valence-electron chi connectivity index (χ0n) is 9.63. The standard InChI is InChI=1S/C12H18BrFN2/c1-3-8(2)7-11(16-15)9-5-4-6-10(13)12(9)14/h4-6,8,11,16H,3,7,15H2,1-2H3. The maximum atomic E-state index is 13.9. The van der Waals surface area contributed by atoms with Gasteiger partial charge in [-0.1, -0.05) is 32.4 Å². The van der Waals surface area contributed by atoms with Gasteiger partial charge in [0.25, 0.3) is 0 Å². The minimum atomic E-state index is -0.228. The third kappa shape index (κ3) is 3.27. The maximum absolute atomic E-state index is 13.9. The van der Waals surface area contributed by atoms with E-state index in [1.54, 1.807) is 12.1 Å². The molecule has 0 aliphatic heterocycles. The summed E-state index contributed by atoms with van der Waals surface area (Å²) in [6, 6.07) is 5.15. The van der Waals surface area contributed by atoms with Gasteiger partial charge in [-0.25, -0.2) is 4.39 Å². The van der Waals surface area contributed by atoms with E-state index in [-0.39, 0.29) is 11.9 Å². The Kier molecular flexibility index (Phi) is 5.38. The quantitative estimate of drug-likeness (QED) is 0.643. The summed E-state index contributed by atoms with van der Waals surface area (Å²) in [5.41, 5.74) is 3.31. The number of nitrogens with two attached hydrogens (primary N) is 1. The minimum absolute atomic E-state index is 0.132. The first-order valence-electron chi connectivity index (χ1n) is 5.50. The lowest BCUT2D eigenvalue weighted by Gasteiger charge is -2.20. The zero-order chi connectivity index (χ0) is 12.1. The highest BCUT2D eigenvalue weighted by molar-refractivity contribution is 9.10. The highest BCUT2D eigenvalue weighted by Crippen LogP contribution is 2.28. The Balaban J connectivity index is 2.90. The maximum Gasteiger partial charge on any atom is 0.142 e. The van der Waals surface area contributed by atoms with E-state index in [1.165, 1.54) is 0 Å². The number of halogens is 2. The second kappa shape index (κ2) is 6.33. The fourth-order valence-electron chi connectivity index (χ4n) is 1.64. The molecule has 0 bridgehead atoms. The number of rotatable bonds is 5. The Morgan fingerprint density at radius 1 is 1.50 bits per heavy atom. The van der Waals surface area contributed by atoms with Gasteiger partial charge in [-0.05, 0) is 34.3 Å². The van der Waals surface area contributed by atoms with Crippen LogP contribution >= 0.6 is 15.9 Å². The lowest BCUT2D eigenvalue weighted by atomic mass is 9.94. The molecule has 2 atom stereocenters. The van der Waals surface area contributed by atoms with E-state index in [9.17, 15) is 4.39 Å². The molecule has 4 heteroatoms. The van der Waals surface area contributed by atoms with Crippen molar-refractivity contribution in [2.75, 3.05) is 0 Å². The second-order valence-electron chi connectivity index (χ2n) is 4.11. The molecule has 0 radical (unpaired) electrons. The Morgan fingerprint density at radius 2 is 2.19 bits per heavy atom. The van der Waals surface area contributed by atoms with Crippen molar-refractivity contribution in [3.8, 4) is 0 Å². The molecule has 3 N–H and O–H groups in total. The molecular formula is C12H18BrFN2. The predicted molar refractivity (Wildman–Crippen MR) is 68.2 cm³/mol. The largest absolute Gasteiger partial charge is 0.271 e. The van der Waals surface area contributed by atoms with Crippen LogP contribution in [0, 0.1) is 11.7 Å². The van der Waals surface area contributed by atoms with Gasteiger partial charge in [-0.15, -0.1) is 0 Å². The molecule has 2 unspecified atom stereocenters. The van der Waals surface area contributed by atoms with Gasteiger partial charge < -0.3 is 0 Å². The Labute approximate surface area is 105 Å². The molecule has 90 valence electrons. The summed E-state index contributed by atoms with van der Waals surface area (Å²) < 4.78 is 14.3. The third-order valence-corrected chi connectivity index (χ3v) is 3.51. The first kappa shape index (κ1) is 13.6. The van der Waals surface area contributed by atoms with Crippen LogP contribution in [-0.4, -0.2) is 0 Å². The summed E-state index contributed by atoms with van der Waals surface area (Å²) in [4.78, 5) is 0. The average molecular weight is 289 g/mol. The second-order valence-corrected chi connectivity index (χ2v) is 4.97. The molecule has 0 spiro atoms. The van der Waals surface area contributed by atoms with Gasteiger partial charge in [0, 0.05) is 11.6 Å². The van der Waals surface area contributed by atoms with Gasteiger partial charge >= 0.3 is 0 Å². The normalized spacial score (nSPS) is 14.8. The molecule has 2 nitrogen and oxygen atoms in total. The van der Waals surface area contributed by atoms with Gasteiger partial charge in [0.1, 0.15) is 5.82 Å². The van der Waals surface area contributed by atoms with Crippen molar-refractivity contribution >= 4 is 15.9 Å². The number of benzene rings is 1. The highest BCUT2D eigenvalue weighted by Gasteiger charge is 2.17. The first-order valence-corrected chi connectivity index (χ1v) is 6.29. The van der Waals surface area contributed by atoms with Crippen LogP contribution < -0.4 is 11.3 Å². The topological polar surface area (TPSA) is 38.0 Å². The van der Waals surface area contributed by atoms with Crippen LogP contribution in [0.4, 0.5) is 4.39 Å². The van der Waals surface area contributed by atoms with E-state index < -0.39 is 0 Å². The van der Waals surface area contributed by atoms with Crippen molar-refractivity contribution in [1.82, 2.24) is 5.43 Å². The number of hydrazine groups is 1. The molecule has 0 heterocycles. The van der Waals surface area contributed by atoms with Crippen LogP contribution in [0.15, 0.2) is 22.7 Å². The number of nitrogens with one attached hydrogen (secondary N) is 1. The Morgan fingerprint density at radius 3 is 2.75 bits per heavy atom. The third-order valence-electron chi connectivity index (χ3n) is 2.89. The average Bonchev–Trinajstić information content (AvgIpc) is 2.29. The summed E-state index contributed by atoms with van der Waals surface area (Å²) in [7, 11) is 0. The van der Waals surface area contributed by atoms with Gasteiger partial charge in [0.05, 0.1) is 4.47 Å². The summed E-state index contributed by atoms with van der Waals surface area (Å²) in [6.07, 6.45) is 1.90. The molecule has 0 fully saturated rings. The lowest BCUT2D eigenvalue weighted by molar-refractivity contribution is 0.396. The van der Waals surface area contributed by atoms with Crippen molar-refractivity contribution in [1.29, 1.82) is 0 Å². The van der Waals surface area contributed by atoms with Gasteiger partial charge in [-0.3, -0.25) is 11.3 Å². The fraction of sp³-hybridized carbons (Fsp3) is 0.500. The van der Waals surface area contributed by atoms with Crippen molar-refractivity contribution in [2.24, 2.45) is 11.8 Å². The van der Waals surface area contributed by atoms with Crippen LogP contribution in [0.2, 0.25) is 0 Å². The summed E-state index contributed by atoms with van der Waals surface area (Å²) in [6.45, 7) is 4.26. The molecule has 1 aromatic rings. The van der Waals surface area contributed by atoms with E-state index in [2.05, 4.69) is 35.2 Å². The van der Waals surface area contributed by atoms with E-state index in [4.69, 9.17) is 5.84 Å². The SMILES string of the molecule is CCC(C)CC(NN)c1cccc(Br)c1F. The Hall–Kier alpha value is -0.450. The molecule has 16 heavy (non-hydrogen) atoms. The van der Waals surface area contributed by atoms with E-state index in [0.717, 1.165) is 12.8 Å². The molecule has 1 aromatic carbocycles.